The Hall–Kier alpha value is -4.07. The van der Waals surface area contributed by atoms with Crippen LogP contribution in [-0.4, -0.2) is 39.6 Å². The van der Waals surface area contributed by atoms with Gasteiger partial charge in [0.05, 0.1) is 6.04 Å². The second kappa shape index (κ2) is 8.37. The van der Waals surface area contributed by atoms with Crippen molar-refractivity contribution in [2.75, 3.05) is 18.8 Å². The highest BCUT2D eigenvalue weighted by molar-refractivity contribution is 6.03. The van der Waals surface area contributed by atoms with Gasteiger partial charge in [0, 0.05) is 18.7 Å². The lowest BCUT2D eigenvalue weighted by Crippen LogP contribution is -2.42. The molecular weight excluding hydrogens is 430 g/mol. The maximum atomic E-state index is 12.3. The van der Waals surface area contributed by atoms with E-state index in [0.717, 1.165) is 37.1 Å². The summed E-state index contributed by atoms with van der Waals surface area (Å²) in [6.45, 7) is 5.04. The van der Waals surface area contributed by atoms with Crippen LogP contribution in [0, 0.1) is 5.41 Å². The lowest BCUT2D eigenvalue weighted by Gasteiger charge is -2.45. The van der Waals surface area contributed by atoms with Gasteiger partial charge in [0.15, 0.2) is 0 Å². The Kier molecular flexibility index (Phi) is 5.36. The van der Waals surface area contributed by atoms with E-state index in [1.54, 1.807) is 4.68 Å². The summed E-state index contributed by atoms with van der Waals surface area (Å²) >= 11 is 0. The molecule has 2 aromatic carbocycles. The van der Waals surface area contributed by atoms with E-state index in [4.69, 9.17) is 21.3 Å². The summed E-state index contributed by atoms with van der Waals surface area (Å²) in [7, 11) is 0. The van der Waals surface area contributed by atoms with Gasteiger partial charge in [-0.3, -0.25) is 9.59 Å². The van der Waals surface area contributed by atoms with Crippen molar-refractivity contribution in [3.8, 4) is 22.8 Å². The Morgan fingerprint density at radius 2 is 1.76 bits per heavy atom. The molecule has 0 unspecified atom stereocenters. The third-order valence-electron chi connectivity index (χ3n) is 6.91. The van der Waals surface area contributed by atoms with E-state index in [2.05, 4.69) is 6.58 Å². The van der Waals surface area contributed by atoms with Gasteiger partial charge in [-0.1, -0.05) is 24.8 Å². The number of carbonyl (C=O) groups is 2. The number of hydrogen-bond acceptors (Lipinski definition) is 5. The zero-order valence-corrected chi connectivity index (χ0v) is 18.8. The number of likely N-dealkylation sites (tertiary alicyclic amines) is 1. The number of benzene rings is 2. The second-order valence-corrected chi connectivity index (χ2v) is 9.13. The molecule has 8 heteroatoms. The highest BCUT2D eigenvalue weighted by atomic mass is 16.5. The smallest absolute Gasteiger partial charge is 0.254 e. The molecule has 174 valence electrons. The molecule has 2 amide bonds. The van der Waals surface area contributed by atoms with Crippen LogP contribution < -0.4 is 16.2 Å². The van der Waals surface area contributed by atoms with E-state index < -0.39 is 5.91 Å². The second-order valence-electron chi connectivity index (χ2n) is 9.13. The van der Waals surface area contributed by atoms with Crippen molar-refractivity contribution in [2.24, 2.45) is 11.1 Å². The summed E-state index contributed by atoms with van der Waals surface area (Å²) in [5, 5.41) is 4.72. The van der Waals surface area contributed by atoms with Crippen LogP contribution in [0.4, 0.5) is 5.82 Å². The molecule has 1 aliphatic carbocycles. The molecule has 0 atom stereocenters. The summed E-state index contributed by atoms with van der Waals surface area (Å²) in [6.07, 6.45) is 4.01. The van der Waals surface area contributed by atoms with Crippen LogP contribution in [0.15, 0.2) is 67.3 Å². The molecule has 3 aromatic rings. The van der Waals surface area contributed by atoms with Gasteiger partial charge in [-0.05, 0) is 67.2 Å². The van der Waals surface area contributed by atoms with Gasteiger partial charge in [-0.2, -0.15) is 5.10 Å². The number of aromatic nitrogens is 2. The van der Waals surface area contributed by atoms with E-state index in [9.17, 15) is 9.59 Å². The molecule has 4 N–H and O–H groups in total. The summed E-state index contributed by atoms with van der Waals surface area (Å²) < 4.78 is 7.58. The van der Waals surface area contributed by atoms with Crippen LogP contribution >= 0.6 is 0 Å². The Morgan fingerprint density at radius 3 is 2.41 bits per heavy atom. The summed E-state index contributed by atoms with van der Waals surface area (Å²) in [5.74, 6) is 1.05. The first-order valence-corrected chi connectivity index (χ1v) is 11.3. The fraction of sp³-hybridized carbons (Fsp3) is 0.269. The number of amides is 2. The molecule has 2 fully saturated rings. The highest BCUT2D eigenvalue weighted by Crippen LogP contribution is 2.54. The minimum atomic E-state index is -0.610. The van der Waals surface area contributed by atoms with Crippen LogP contribution in [0.5, 0.6) is 11.5 Å². The SMILES string of the molecule is C=CC(=O)N1CCC2(CC(n3nc(-c4ccc(Oc5ccccc5)cc4)c(C(N)=O)c3N)C2)C1. The van der Waals surface area contributed by atoms with Gasteiger partial charge < -0.3 is 21.1 Å². The fourth-order valence-electron chi connectivity index (χ4n) is 5.17. The molecule has 5 rings (SSSR count). The number of para-hydroxylation sites is 1. The normalized spacial score (nSPS) is 21.3. The largest absolute Gasteiger partial charge is 0.457 e. The van der Waals surface area contributed by atoms with Crippen molar-refractivity contribution in [3.05, 3.63) is 72.8 Å². The predicted molar refractivity (Wildman–Crippen MR) is 129 cm³/mol. The Balaban J connectivity index is 1.36. The number of nitrogens with zero attached hydrogens (tertiary/aromatic N) is 3. The minimum Gasteiger partial charge on any atom is -0.457 e. The van der Waals surface area contributed by atoms with Gasteiger partial charge in [-0.25, -0.2) is 4.68 Å². The van der Waals surface area contributed by atoms with Crippen molar-refractivity contribution in [1.29, 1.82) is 0 Å². The first-order valence-electron chi connectivity index (χ1n) is 11.3. The molecular formula is C26H27N5O3. The van der Waals surface area contributed by atoms with Crippen molar-refractivity contribution in [3.63, 3.8) is 0 Å². The zero-order chi connectivity index (χ0) is 23.9. The molecule has 0 radical (unpaired) electrons. The number of primary amides is 1. The van der Waals surface area contributed by atoms with Gasteiger partial charge in [0.2, 0.25) is 5.91 Å². The molecule has 34 heavy (non-hydrogen) atoms. The van der Waals surface area contributed by atoms with Crippen molar-refractivity contribution >= 4 is 17.6 Å². The maximum absolute atomic E-state index is 12.3. The monoisotopic (exact) mass is 457 g/mol. The quantitative estimate of drug-likeness (QED) is 0.547. The number of rotatable bonds is 6. The Bertz CT molecular complexity index is 1240. The molecule has 0 bridgehead atoms. The topological polar surface area (TPSA) is 116 Å². The fourth-order valence-corrected chi connectivity index (χ4v) is 5.17. The molecule has 1 aromatic heterocycles. The summed E-state index contributed by atoms with van der Waals surface area (Å²) in [4.78, 5) is 26.1. The van der Waals surface area contributed by atoms with Gasteiger partial charge in [0.1, 0.15) is 28.6 Å². The molecule has 2 heterocycles. The lowest BCUT2D eigenvalue weighted by molar-refractivity contribution is -0.125. The van der Waals surface area contributed by atoms with Gasteiger partial charge in [0.25, 0.3) is 5.91 Å². The molecule has 2 aliphatic rings. The number of nitrogens with two attached hydrogens (primary N) is 2. The standard InChI is InChI=1S/C26H27N5O3/c1-2-21(32)30-13-12-26(16-30)14-18(15-26)31-24(27)22(25(28)33)23(29-31)17-8-10-20(11-9-17)34-19-6-4-3-5-7-19/h2-11,18H,1,12-16,27H2,(H2,28,33). The average Bonchev–Trinajstić information content (AvgIpc) is 3.41. The maximum Gasteiger partial charge on any atom is 0.254 e. The first kappa shape index (κ1) is 21.8. The van der Waals surface area contributed by atoms with E-state index >= 15 is 0 Å². The van der Waals surface area contributed by atoms with Crippen LogP contribution in [0.25, 0.3) is 11.3 Å². The number of anilines is 1. The van der Waals surface area contributed by atoms with Gasteiger partial charge >= 0.3 is 0 Å². The van der Waals surface area contributed by atoms with E-state index in [-0.39, 0.29) is 28.7 Å². The van der Waals surface area contributed by atoms with Crippen molar-refractivity contribution < 1.29 is 14.3 Å². The molecule has 8 nitrogen and oxygen atoms in total. The summed E-state index contributed by atoms with van der Waals surface area (Å²) in [6, 6.07) is 16.9. The summed E-state index contributed by atoms with van der Waals surface area (Å²) in [5.41, 5.74) is 13.6. The number of nitrogen functional groups attached to an aromatic ring is 1. The Labute approximate surface area is 197 Å². The zero-order valence-electron chi connectivity index (χ0n) is 18.8. The van der Waals surface area contributed by atoms with Crippen molar-refractivity contribution in [2.45, 2.75) is 25.3 Å². The van der Waals surface area contributed by atoms with E-state index in [1.807, 2.05) is 59.5 Å². The van der Waals surface area contributed by atoms with Crippen LogP contribution in [0.1, 0.15) is 35.7 Å². The third kappa shape index (κ3) is 3.81. The minimum absolute atomic E-state index is 0.0306. The number of carbonyl (C=O) groups excluding carboxylic acids is 2. The Morgan fingerprint density at radius 1 is 1.09 bits per heavy atom. The average molecular weight is 458 g/mol. The molecule has 1 aliphatic heterocycles. The van der Waals surface area contributed by atoms with E-state index in [1.165, 1.54) is 6.08 Å². The highest BCUT2D eigenvalue weighted by Gasteiger charge is 2.50. The first-order chi connectivity index (χ1) is 16.4. The van der Waals surface area contributed by atoms with Crippen molar-refractivity contribution in [1.82, 2.24) is 14.7 Å². The lowest BCUT2D eigenvalue weighted by atomic mass is 9.65. The van der Waals surface area contributed by atoms with Crippen LogP contribution in [0.2, 0.25) is 0 Å². The van der Waals surface area contributed by atoms with Gasteiger partial charge in [-0.15, -0.1) is 0 Å². The molecule has 1 saturated carbocycles. The third-order valence-corrected chi connectivity index (χ3v) is 6.91. The van der Waals surface area contributed by atoms with E-state index in [0.29, 0.717) is 18.0 Å². The number of ether oxygens (including phenoxy) is 1. The van der Waals surface area contributed by atoms with Crippen LogP contribution in [0.3, 0.4) is 0 Å². The number of hydrogen-bond donors (Lipinski definition) is 2. The molecule has 1 saturated heterocycles. The van der Waals surface area contributed by atoms with Crippen LogP contribution in [-0.2, 0) is 4.79 Å². The molecule has 1 spiro atoms. The predicted octanol–water partition coefficient (Wildman–Crippen LogP) is 3.76.